The molecule has 7 heteroatoms. The van der Waals surface area contributed by atoms with Crippen LogP contribution in [-0.2, 0) is 4.79 Å². The number of carbonyl (C=O) groups is 1. The number of nitrogens with one attached hydrogen (secondary N) is 1. The van der Waals surface area contributed by atoms with Crippen LogP contribution in [0.15, 0.2) is 34.7 Å². The number of aromatic nitrogens is 2. The first-order chi connectivity index (χ1) is 9.28. The molecule has 0 unspecified atom stereocenters. The van der Waals surface area contributed by atoms with E-state index < -0.39 is 0 Å². The summed E-state index contributed by atoms with van der Waals surface area (Å²) in [7, 11) is 1.64. The third-order valence-corrected chi connectivity index (χ3v) is 3.88. The number of anilines is 1. The maximum Gasteiger partial charge on any atom is 0.227 e. The molecule has 0 bridgehead atoms. The predicted octanol–water partition coefficient (Wildman–Crippen LogP) is 2.67. The first kappa shape index (κ1) is 13.8. The molecule has 0 saturated heterocycles. The van der Waals surface area contributed by atoms with Crippen LogP contribution in [0.5, 0.6) is 5.75 Å². The Labute approximate surface area is 119 Å². The van der Waals surface area contributed by atoms with Gasteiger partial charge in [-0.2, -0.15) is 0 Å². The summed E-state index contributed by atoms with van der Waals surface area (Å²) in [5.74, 6) is 1.51. The topological polar surface area (TPSA) is 64.1 Å². The fourth-order valence-electron chi connectivity index (χ4n) is 1.34. The Balaban J connectivity index is 1.72. The second-order valence-electron chi connectivity index (χ2n) is 3.57. The van der Waals surface area contributed by atoms with Crippen LogP contribution in [0.1, 0.15) is 6.42 Å². The fourth-order valence-corrected chi connectivity index (χ4v) is 2.66. The van der Waals surface area contributed by atoms with Gasteiger partial charge in [0, 0.05) is 17.1 Å². The van der Waals surface area contributed by atoms with Crippen molar-refractivity contribution in [2.75, 3.05) is 18.2 Å². The van der Waals surface area contributed by atoms with Gasteiger partial charge in [0.2, 0.25) is 11.0 Å². The molecular weight excluding hydrogens is 282 g/mol. The highest BCUT2D eigenvalue weighted by Gasteiger charge is 2.05. The van der Waals surface area contributed by atoms with Crippen LogP contribution in [0.3, 0.4) is 0 Å². The van der Waals surface area contributed by atoms with Gasteiger partial charge < -0.3 is 10.1 Å². The molecule has 0 spiro atoms. The number of benzene rings is 1. The number of thioether (sulfide) groups is 1. The Hall–Kier alpha value is -1.60. The van der Waals surface area contributed by atoms with E-state index in [2.05, 4.69) is 15.5 Å². The Bertz CT molecular complexity index is 514. The SMILES string of the molecule is COc1ccc(SCCC(=O)Nc2nncs2)cc1. The van der Waals surface area contributed by atoms with Gasteiger partial charge >= 0.3 is 0 Å². The van der Waals surface area contributed by atoms with Crippen LogP contribution in [0.25, 0.3) is 0 Å². The lowest BCUT2D eigenvalue weighted by atomic mass is 10.3. The lowest BCUT2D eigenvalue weighted by molar-refractivity contribution is -0.115. The van der Waals surface area contributed by atoms with Crippen molar-refractivity contribution in [1.82, 2.24) is 10.2 Å². The van der Waals surface area contributed by atoms with Gasteiger partial charge in [0.25, 0.3) is 0 Å². The van der Waals surface area contributed by atoms with Gasteiger partial charge in [0.05, 0.1) is 7.11 Å². The second kappa shape index (κ2) is 7.10. The molecule has 2 rings (SSSR count). The van der Waals surface area contributed by atoms with Crippen LogP contribution in [0.4, 0.5) is 5.13 Å². The van der Waals surface area contributed by atoms with Crippen LogP contribution in [-0.4, -0.2) is 29.0 Å². The molecular formula is C12H13N3O2S2. The van der Waals surface area contributed by atoms with Crippen LogP contribution < -0.4 is 10.1 Å². The van der Waals surface area contributed by atoms with Gasteiger partial charge in [-0.15, -0.1) is 22.0 Å². The van der Waals surface area contributed by atoms with Gasteiger partial charge in [-0.25, -0.2) is 0 Å². The Morgan fingerprint density at radius 3 is 2.84 bits per heavy atom. The van der Waals surface area contributed by atoms with E-state index >= 15 is 0 Å². The summed E-state index contributed by atoms with van der Waals surface area (Å²) in [6.07, 6.45) is 0.441. The molecule has 0 fully saturated rings. The molecule has 0 saturated carbocycles. The molecule has 2 aromatic rings. The van der Waals surface area contributed by atoms with Crippen LogP contribution >= 0.6 is 23.1 Å². The van der Waals surface area contributed by atoms with E-state index in [1.165, 1.54) is 11.3 Å². The molecule has 1 heterocycles. The van der Waals surface area contributed by atoms with Crippen molar-refractivity contribution in [1.29, 1.82) is 0 Å². The largest absolute Gasteiger partial charge is 0.497 e. The average Bonchev–Trinajstić information content (AvgIpc) is 2.92. The zero-order chi connectivity index (χ0) is 13.5. The number of ether oxygens (including phenoxy) is 1. The average molecular weight is 295 g/mol. The number of hydrogen-bond donors (Lipinski definition) is 1. The lowest BCUT2D eigenvalue weighted by Crippen LogP contribution is -2.11. The van der Waals surface area contributed by atoms with Gasteiger partial charge in [0.15, 0.2) is 0 Å². The van der Waals surface area contributed by atoms with Crippen LogP contribution in [0.2, 0.25) is 0 Å². The normalized spacial score (nSPS) is 10.2. The van der Waals surface area contributed by atoms with E-state index in [0.29, 0.717) is 11.6 Å². The Kier molecular flexibility index (Phi) is 5.17. The number of rotatable bonds is 6. The molecule has 1 amide bonds. The highest BCUT2D eigenvalue weighted by atomic mass is 32.2. The zero-order valence-electron chi connectivity index (χ0n) is 10.3. The fraction of sp³-hybridized carbons (Fsp3) is 0.250. The Morgan fingerprint density at radius 2 is 2.21 bits per heavy atom. The molecule has 1 N–H and O–H groups in total. The molecule has 0 aliphatic rings. The van der Waals surface area contributed by atoms with E-state index in [4.69, 9.17) is 4.74 Å². The third kappa shape index (κ3) is 4.53. The molecule has 1 aromatic carbocycles. The van der Waals surface area contributed by atoms with Crippen molar-refractivity contribution >= 4 is 34.1 Å². The molecule has 19 heavy (non-hydrogen) atoms. The number of hydrogen-bond acceptors (Lipinski definition) is 6. The quantitative estimate of drug-likeness (QED) is 0.830. The molecule has 1 aromatic heterocycles. The van der Waals surface area contributed by atoms with E-state index in [9.17, 15) is 4.79 Å². The molecule has 0 atom stereocenters. The summed E-state index contributed by atoms with van der Waals surface area (Å²) in [5.41, 5.74) is 1.59. The van der Waals surface area contributed by atoms with Crippen molar-refractivity contribution in [2.24, 2.45) is 0 Å². The van der Waals surface area contributed by atoms with Crippen molar-refractivity contribution in [2.45, 2.75) is 11.3 Å². The minimum absolute atomic E-state index is 0.0437. The van der Waals surface area contributed by atoms with Crippen molar-refractivity contribution < 1.29 is 9.53 Å². The molecule has 100 valence electrons. The standard InChI is InChI=1S/C12H13N3O2S2/c1-17-9-2-4-10(5-3-9)18-7-6-11(16)14-12-15-13-8-19-12/h2-5,8H,6-7H2,1H3,(H,14,15,16). The smallest absolute Gasteiger partial charge is 0.227 e. The maximum absolute atomic E-state index is 11.6. The first-order valence-electron chi connectivity index (χ1n) is 5.61. The number of nitrogens with zero attached hydrogens (tertiary/aromatic N) is 2. The van der Waals surface area contributed by atoms with Gasteiger partial charge in [0.1, 0.15) is 11.3 Å². The monoisotopic (exact) mass is 295 g/mol. The minimum atomic E-state index is -0.0437. The molecule has 5 nitrogen and oxygen atoms in total. The van der Waals surface area contributed by atoms with Crippen molar-refractivity contribution in [3.8, 4) is 5.75 Å². The first-order valence-corrected chi connectivity index (χ1v) is 7.47. The molecule has 0 aliphatic carbocycles. The van der Waals surface area contributed by atoms with Crippen molar-refractivity contribution in [3.63, 3.8) is 0 Å². The van der Waals surface area contributed by atoms with Crippen molar-refractivity contribution in [3.05, 3.63) is 29.8 Å². The summed E-state index contributed by atoms with van der Waals surface area (Å²) in [5, 5.41) is 10.7. The zero-order valence-corrected chi connectivity index (χ0v) is 12.0. The van der Waals surface area contributed by atoms with E-state index in [1.807, 2.05) is 24.3 Å². The Morgan fingerprint density at radius 1 is 1.42 bits per heavy atom. The highest BCUT2D eigenvalue weighted by molar-refractivity contribution is 7.99. The highest BCUT2D eigenvalue weighted by Crippen LogP contribution is 2.22. The van der Waals surface area contributed by atoms with E-state index in [-0.39, 0.29) is 5.91 Å². The third-order valence-electron chi connectivity index (χ3n) is 2.26. The second-order valence-corrected chi connectivity index (χ2v) is 5.57. The van der Waals surface area contributed by atoms with E-state index in [0.717, 1.165) is 16.4 Å². The van der Waals surface area contributed by atoms with Crippen LogP contribution in [0, 0.1) is 0 Å². The van der Waals surface area contributed by atoms with Gasteiger partial charge in [-0.05, 0) is 24.3 Å². The summed E-state index contributed by atoms with van der Waals surface area (Å²) in [6.45, 7) is 0. The minimum Gasteiger partial charge on any atom is -0.497 e. The summed E-state index contributed by atoms with van der Waals surface area (Å²) < 4.78 is 5.09. The maximum atomic E-state index is 11.6. The van der Waals surface area contributed by atoms with E-state index in [1.54, 1.807) is 24.4 Å². The number of methoxy groups -OCH3 is 1. The lowest BCUT2D eigenvalue weighted by Gasteiger charge is -2.03. The molecule has 0 aliphatic heterocycles. The number of carbonyl (C=O) groups excluding carboxylic acids is 1. The van der Waals surface area contributed by atoms with Gasteiger partial charge in [-0.1, -0.05) is 11.3 Å². The molecule has 0 radical (unpaired) electrons. The summed E-state index contributed by atoms with van der Waals surface area (Å²) >= 11 is 2.94. The van der Waals surface area contributed by atoms with Gasteiger partial charge in [-0.3, -0.25) is 4.79 Å². The number of amides is 1. The predicted molar refractivity (Wildman–Crippen MR) is 76.9 cm³/mol. The summed E-state index contributed by atoms with van der Waals surface area (Å²) in [4.78, 5) is 12.7. The summed E-state index contributed by atoms with van der Waals surface area (Å²) in [6, 6.07) is 7.77.